The second-order valence-corrected chi connectivity index (χ2v) is 3.58. The molecule has 0 radical (unpaired) electrons. The highest BCUT2D eigenvalue weighted by atomic mass is 16.3. The quantitative estimate of drug-likeness (QED) is 0.688. The molecule has 0 aliphatic carbocycles. The summed E-state index contributed by atoms with van der Waals surface area (Å²) in [7, 11) is 0. The first kappa shape index (κ1) is 8.57. The molecular weight excluding hydrogens is 162 g/mol. The van der Waals surface area contributed by atoms with E-state index in [0.717, 1.165) is 24.9 Å². The van der Waals surface area contributed by atoms with Gasteiger partial charge in [0.25, 0.3) is 0 Å². The number of nitrogens with one attached hydrogen (secondary N) is 1. The van der Waals surface area contributed by atoms with E-state index in [1.165, 1.54) is 11.3 Å². The zero-order valence-electron chi connectivity index (χ0n) is 7.88. The summed E-state index contributed by atoms with van der Waals surface area (Å²) in [4.78, 5) is 0. The molecule has 1 aliphatic rings. The van der Waals surface area contributed by atoms with Gasteiger partial charge in [-0.2, -0.15) is 0 Å². The largest absolute Gasteiger partial charge is 0.389 e. The summed E-state index contributed by atoms with van der Waals surface area (Å²) in [6, 6.07) is 6.09. The van der Waals surface area contributed by atoms with E-state index in [9.17, 15) is 5.11 Å². The van der Waals surface area contributed by atoms with Crippen LogP contribution in [-0.4, -0.2) is 11.7 Å². The van der Waals surface area contributed by atoms with Crippen molar-refractivity contribution in [1.29, 1.82) is 0 Å². The van der Waals surface area contributed by atoms with Crippen LogP contribution in [0.1, 0.15) is 30.6 Å². The minimum atomic E-state index is -0.352. The van der Waals surface area contributed by atoms with Gasteiger partial charge in [-0.1, -0.05) is 12.1 Å². The molecule has 1 aliphatic heterocycles. The monoisotopic (exact) mass is 177 g/mol. The molecule has 0 bridgehead atoms. The van der Waals surface area contributed by atoms with Crippen LogP contribution in [0.15, 0.2) is 18.2 Å². The lowest BCUT2D eigenvalue weighted by atomic mass is 9.95. The number of hydrogen-bond acceptors (Lipinski definition) is 2. The number of hydrogen-bond donors (Lipinski definition) is 2. The summed E-state index contributed by atoms with van der Waals surface area (Å²) < 4.78 is 0. The molecule has 0 saturated carbocycles. The van der Waals surface area contributed by atoms with E-state index in [1.54, 1.807) is 0 Å². The van der Waals surface area contributed by atoms with Crippen molar-refractivity contribution in [2.75, 3.05) is 11.9 Å². The first-order chi connectivity index (χ1) is 6.29. The normalized spacial score (nSPS) is 17.4. The number of anilines is 1. The van der Waals surface area contributed by atoms with Crippen molar-refractivity contribution in [1.82, 2.24) is 0 Å². The van der Waals surface area contributed by atoms with E-state index < -0.39 is 0 Å². The minimum Gasteiger partial charge on any atom is -0.389 e. The van der Waals surface area contributed by atoms with Crippen LogP contribution in [0.3, 0.4) is 0 Å². The Morgan fingerprint density at radius 1 is 1.46 bits per heavy atom. The first-order valence-corrected chi connectivity index (χ1v) is 4.83. The zero-order chi connectivity index (χ0) is 9.26. The zero-order valence-corrected chi connectivity index (χ0v) is 7.88. The predicted octanol–water partition coefficient (Wildman–Crippen LogP) is 2.10. The van der Waals surface area contributed by atoms with Gasteiger partial charge in [0.2, 0.25) is 0 Å². The molecule has 13 heavy (non-hydrogen) atoms. The Labute approximate surface area is 78.6 Å². The van der Waals surface area contributed by atoms with Gasteiger partial charge in [-0.05, 0) is 37.0 Å². The molecule has 0 aromatic heterocycles. The third-order valence-corrected chi connectivity index (χ3v) is 2.58. The van der Waals surface area contributed by atoms with E-state index in [0.29, 0.717) is 0 Å². The summed E-state index contributed by atoms with van der Waals surface area (Å²) in [5.41, 5.74) is 3.57. The predicted molar refractivity (Wildman–Crippen MR) is 53.9 cm³/mol. The van der Waals surface area contributed by atoms with Crippen LogP contribution in [0, 0.1) is 0 Å². The van der Waals surface area contributed by atoms with Crippen LogP contribution in [0.5, 0.6) is 0 Å². The van der Waals surface area contributed by atoms with E-state index in [-0.39, 0.29) is 6.10 Å². The summed E-state index contributed by atoms with van der Waals surface area (Å²) in [5.74, 6) is 0. The van der Waals surface area contributed by atoms with E-state index in [4.69, 9.17) is 0 Å². The average Bonchev–Trinajstić information content (AvgIpc) is 2.17. The van der Waals surface area contributed by atoms with Gasteiger partial charge in [0.05, 0.1) is 6.10 Å². The second-order valence-electron chi connectivity index (χ2n) is 3.58. The van der Waals surface area contributed by atoms with Gasteiger partial charge in [0, 0.05) is 12.2 Å². The maximum absolute atomic E-state index is 9.55. The van der Waals surface area contributed by atoms with E-state index in [2.05, 4.69) is 11.4 Å². The molecule has 0 fully saturated rings. The molecule has 70 valence electrons. The van der Waals surface area contributed by atoms with Crippen molar-refractivity contribution in [3.05, 3.63) is 29.3 Å². The Bertz CT molecular complexity index is 307. The summed E-state index contributed by atoms with van der Waals surface area (Å²) in [5, 5.41) is 12.9. The summed E-state index contributed by atoms with van der Waals surface area (Å²) >= 11 is 0. The van der Waals surface area contributed by atoms with Crippen LogP contribution < -0.4 is 5.32 Å². The maximum atomic E-state index is 9.55. The molecule has 1 aromatic carbocycles. The SMILES string of the molecule is CC(O)c1cccc2c1CCCN2. The second kappa shape index (κ2) is 3.38. The van der Waals surface area contributed by atoms with Crippen molar-refractivity contribution >= 4 is 5.69 Å². The Morgan fingerprint density at radius 3 is 3.08 bits per heavy atom. The molecule has 1 aromatic rings. The Kier molecular flexibility index (Phi) is 2.23. The Hall–Kier alpha value is -1.02. The van der Waals surface area contributed by atoms with Gasteiger partial charge in [0.15, 0.2) is 0 Å². The Morgan fingerprint density at radius 2 is 2.31 bits per heavy atom. The molecule has 0 saturated heterocycles. The molecule has 2 rings (SSSR count). The molecule has 2 heteroatoms. The van der Waals surface area contributed by atoms with Crippen LogP contribution in [-0.2, 0) is 6.42 Å². The minimum absolute atomic E-state index is 0.352. The smallest absolute Gasteiger partial charge is 0.0765 e. The lowest BCUT2D eigenvalue weighted by Crippen LogP contribution is -2.14. The van der Waals surface area contributed by atoms with Crippen molar-refractivity contribution in [2.24, 2.45) is 0 Å². The highest BCUT2D eigenvalue weighted by molar-refractivity contribution is 5.56. The lowest BCUT2D eigenvalue weighted by Gasteiger charge is -2.21. The van der Waals surface area contributed by atoms with Gasteiger partial charge in [-0.3, -0.25) is 0 Å². The highest BCUT2D eigenvalue weighted by Gasteiger charge is 2.14. The average molecular weight is 177 g/mol. The van der Waals surface area contributed by atoms with Gasteiger partial charge in [-0.15, -0.1) is 0 Å². The third-order valence-electron chi connectivity index (χ3n) is 2.58. The molecule has 1 atom stereocenters. The number of fused-ring (bicyclic) bond motifs is 1. The number of rotatable bonds is 1. The van der Waals surface area contributed by atoms with Gasteiger partial charge in [0.1, 0.15) is 0 Å². The van der Waals surface area contributed by atoms with Gasteiger partial charge in [-0.25, -0.2) is 0 Å². The van der Waals surface area contributed by atoms with E-state index in [1.807, 2.05) is 19.1 Å². The molecule has 0 amide bonds. The fraction of sp³-hybridized carbons (Fsp3) is 0.455. The lowest BCUT2D eigenvalue weighted by molar-refractivity contribution is 0.198. The van der Waals surface area contributed by atoms with Crippen LogP contribution in [0.4, 0.5) is 5.69 Å². The molecule has 1 heterocycles. The van der Waals surface area contributed by atoms with Crippen molar-refractivity contribution in [2.45, 2.75) is 25.9 Å². The summed E-state index contributed by atoms with van der Waals surface area (Å²) in [6.45, 7) is 2.88. The van der Waals surface area contributed by atoms with Crippen LogP contribution in [0.25, 0.3) is 0 Å². The van der Waals surface area contributed by atoms with Crippen LogP contribution >= 0.6 is 0 Å². The molecular formula is C11H15NO. The van der Waals surface area contributed by atoms with Crippen LogP contribution in [0.2, 0.25) is 0 Å². The number of benzene rings is 1. The standard InChI is InChI=1S/C11H15NO/c1-8(13)9-4-2-6-11-10(9)5-3-7-12-11/h2,4,6,8,12-13H,3,5,7H2,1H3. The molecule has 0 spiro atoms. The van der Waals surface area contributed by atoms with Gasteiger partial charge >= 0.3 is 0 Å². The first-order valence-electron chi connectivity index (χ1n) is 4.83. The third kappa shape index (κ3) is 1.54. The highest BCUT2D eigenvalue weighted by Crippen LogP contribution is 2.28. The fourth-order valence-corrected chi connectivity index (χ4v) is 1.93. The van der Waals surface area contributed by atoms with Gasteiger partial charge < -0.3 is 10.4 Å². The van der Waals surface area contributed by atoms with E-state index >= 15 is 0 Å². The van der Waals surface area contributed by atoms with Crippen molar-refractivity contribution in [3.63, 3.8) is 0 Å². The molecule has 2 nitrogen and oxygen atoms in total. The Balaban J connectivity index is 2.46. The molecule has 1 unspecified atom stereocenters. The molecule has 2 N–H and O–H groups in total. The van der Waals surface area contributed by atoms with Crippen molar-refractivity contribution < 1.29 is 5.11 Å². The van der Waals surface area contributed by atoms with Crippen molar-refractivity contribution in [3.8, 4) is 0 Å². The topological polar surface area (TPSA) is 32.3 Å². The summed E-state index contributed by atoms with van der Waals surface area (Å²) in [6.07, 6.45) is 1.90. The maximum Gasteiger partial charge on any atom is 0.0765 e. The number of aliphatic hydroxyl groups is 1. The number of aliphatic hydroxyl groups excluding tert-OH is 1. The fourth-order valence-electron chi connectivity index (χ4n) is 1.93.